The number of carbonyl (C=O) groups excluding carboxylic acids is 1. The van der Waals surface area contributed by atoms with Gasteiger partial charge in [-0.2, -0.15) is 5.10 Å². The Bertz CT molecular complexity index is 762. The maximum absolute atomic E-state index is 12.3. The highest BCUT2D eigenvalue weighted by molar-refractivity contribution is 5.99. The standard InChI is InChI=1S/C14H14N4O/c1-9-12(15)8-18(16-9)14(19)11-3-4-13-10(7-11)5-6-17(13)2/h3-8H,15H2,1-2H3. The third kappa shape index (κ3) is 1.79. The molecule has 2 heterocycles. The van der Waals surface area contributed by atoms with Gasteiger partial charge in [-0.15, -0.1) is 0 Å². The minimum absolute atomic E-state index is 0.175. The number of aryl methyl sites for hydroxylation is 2. The topological polar surface area (TPSA) is 65.8 Å². The van der Waals surface area contributed by atoms with Crippen molar-refractivity contribution in [3.63, 3.8) is 0 Å². The van der Waals surface area contributed by atoms with Gasteiger partial charge in [0.2, 0.25) is 0 Å². The van der Waals surface area contributed by atoms with E-state index in [9.17, 15) is 4.79 Å². The number of hydrogen-bond acceptors (Lipinski definition) is 3. The Morgan fingerprint density at radius 2 is 2.11 bits per heavy atom. The number of fused-ring (bicyclic) bond motifs is 1. The van der Waals surface area contributed by atoms with Gasteiger partial charge in [0.15, 0.2) is 0 Å². The summed E-state index contributed by atoms with van der Waals surface area (Å²) in [4.78, 5) is 12.3. The van der Waals surface area contributed by atoms with Gasteiger partial charge in [-0.25, -0.2) is 4.68 Å². The van der Waals surface area contributed by atoms with E-state index in [4.69, 9.17) is 5.73 Å². The average molecular weight is 254 g/mol. The second-order valence-corrected chi connectivity index (χ2v) is 4.62. The molecule has 5 nitrogen and oxygen atoms in total. The van der Waals surface area contributed by atoms with Gasteiger partial charge in [0.05, 0.1) is 17.6 Å². The van der Waals surface area contributed by atoms with Crippen molar-refractivity contribution < 1.29 is 4.79 Å². The van der Waals surface area contributed by atoms with E-state index in [1.54, 1.807) is 19.2 Å². The smallest absolute Gasteiger partial charge is 0.278 e. The third-order valence-corrected chi connectivity index (χ3v) is 3.28. The monoisotopic (exact) mass is 254 g/mol. The molecule has 2 aromatic heterocycles. The van der Waals surface area contributed by atoms with Crippen molar-refractivity contribution in [3.8, 4) is 0 Å². The number of carbonyl (C=O) groups is 1. The minimum atomic E-state index is -0.175. The van der Waals surface area contributed by atoms with Gasteiger partial charge in [0.25, 0.3) is 5.91 Å². The van der Waals surface area contributed by atoms with Crippen LogP contribution < -0.4 is 5.73 Å². The molecule has 0 unspecified atom stereocenters. The van der Waals surface area contributed by atoms with Crippen LogP contribution in [0.3, 0.4) is 0 Å². The van der Waals surface area contributed by atoms with Crippen LogP contribution in [0.5, 0.6) is 0 Å². The Kier molecular flexibility index (Phi) is 2.41. The largest absolute Gasteiger partial charge is 0.396 e. The number of rotatable bonds is 1. The van der Waals surface area contributed by atoms with E-state index < -0.39 is 0 Å². The first-order valence-electron chi connectivity index (χ1n) is 5.98. The number of benzene rings is 1. The lowest BCUT2D eigenvalue weighted by molar-refractivity contribution is 0.0945. The number of nitrogens with two attached hydrogens (primary N) is 1. The number of nitrogens with zero attached hydrogens (tertiary/aromatic N) is 3. The first kappa shape index (κ1) is 11.5. The SMILES string of the molecule is Cc1nn(C(=O)c2ccc3c(ccn3C)c2)cc1N. The van der Waals surface area contributed by atoms with Crippen LogP contribution in [0.15, 0.2) is 36.7 Å². The molecule has 0 aliphatic rings. The molecule has 0 spiro atoms. The van der Waals surface area contributed by atoms with Gasteiger partial charge >= 0.3 is 0 Å². The van der Waals surface area contributed by atoms with Crippen molar-refractivity contribution >= 4 is 22.5 Å². The van der Waals surface area contributed by atoms with E-state index in [0.717, 1.165) is 10.9 Å². The number of anilines is 1. The highest BCUT2D eigenvalue weighted by Crippen LogP contribution is 2.18. The summed E-state index contributed by atoms with van der Waals surface area (Å²) in [7, 11) is 1.97. The third-order valence-electron chi connectivity index (χ3n) is 3.28. The quantitative estimate of drug-likeness (QED) is 0.721. The van der Waals surface area contributed by atoms with E-state index >= 15 is 0 Å². The zero-order chi connectivity index (χ0) is 13.6. The maximum atomic E-state index is 12.3. The van der Waals surface area contributed by atoms with E-state index in [0.29, 0.717) is 16.9 Å². The van der Waals surface area contributed by atoms with E-state index in [1.165, 1.54) is 4.68 Å². The highest BCUT2D eigenvalue weighted by atomic mass is 16.2. The summed E-state index contributed by atoms with van der Waals surface area (Å²) in [5.74, 6) is -0.175. The van der Waals surface area contributed by atoms with Crippen molar-refractivity contribution in [1.82, 2.24) is 14.3 Å². The van der Waals surface area contributed by atoms with Crippen LogP contribution in [-0.2, 0) is 7.05 Å². The summed E-state index contributed by atoms with van der Waals surface area (Å²) in [5, 5.41) is 5.14. The van der Waals surface area contributed by atoms with Crippen molar-refractivity contribution in [2.75, 3.05) is 5.73 Å². The molecule has 0 bridgehead atoms. The Hall–Kier alpha value is -2.56. The fourth-order valence-electron chi connectivity index (χ4n) is 2.12. The molecular weight excluding hydrogens is 240 g/mol. The highest BCUT2D eigenvalue weighted by Gasteiger charge is 2.12. The Labute approximate surface area is 110 Å². The van der Waals surface area contributed by atoms with Crippen LogP contribution in [-0.4, -0.2) is 20.3 Å². The number of nitrogen functional groups attached to an aromatic ring is 1. The lowest BCUT2D eigenvalue weighted by Crippen LogP contribution is -2.12. The average Bonchev–Trinajstić information content (AvgIpc) is 2.93. The van der Waals surface area contributed by atoms with E-state index in [1.807, 2.05) is 36.0 Å². The molecule has 0 aliphatic carbocycles. The molecular formula is C14H14N4O. The van der Waals surface area contributed by atoms with Crippen LogP contribution in [0, 0.1) is 6.92 Å². The van der Waals surface area contributed by atoms with Gasteiger partial charge in [0, 0.05) is 29.7 Å². The molecule has 19 heavy (non-hydrogen) atoms. The van der Waals surface area contributed by atoms with Crippen molar-refractivity contribution in [3.05, 3.63) is 47.9 Å². The Balaban J connectivity index is 2.06. The van der Waals surface area contributed by atoms with Crippen molar-refractivity contribution in [1.29, 1.82) is 0 Å². The molecule has 3 rings (SSSR count). The summed E-state index contributed by atoms with van der Waals surface area (Å²) >= 11 is 0. The molecule has 0 saturated carbocycles. The molecule has 3 aromatic rings. The Morgan fingerprint density at radius 1 is 1.32 bits per heavy atom. The molecule has 0 fully saturated rings. The molecule has 0 saturated heterocycles. The van der Waals surface area contributed by atoms with Crippen LogP contribution >= 0.6 is 0 Å². The van der Waals surface area contributed by atoms with Gasteiger partial charge in [0.1, 0.15) is 0 Å². The Morgan fingerprint density at radius 3 is 2.79 bits per heavy atom. The molecule has 0 atom stereocenters. The predicted octanol–water partition coefficient (Wildman–Crippen LogP) is 1.95. The zero-order valence-corrected chi connectivity index (χ0v) is 10.8. The van der Waals surface area contributed by atoms with Crippen LogP contribution in [0.4, 0.5) is 5.69 Å². The number of hydrogen-bond donors (Lipinski definition) is 1. The lowest BCUT2D eigenvalue weighted by atomic mass is 10.1. The molecule has 5 heteroatoms. The van der Waals surface area contributed by atoms with E-state index in [2.05, 4.69) is 5.10 Å². The van der Waals surface area contributed by atoms with Gasteiger partial charge in [-0.1, -0.05) is 0 Å². The summed E-state index contributed by atoms with van der Waals surface area (Å²) in [6.07, 6.45) is 3.52. The first-order chi connectivity index (χ1) is 9.06. The summed E-state index contributed by atoms with van der Waals surface area (Å²) in [6.45, 7) is 1.78. The van der Waals surface area contributed by atoms with Gasteiger partial charge < -0.3 is 10.3 Å². The van der Waals surface area contributed by atoms with Gasteiger partial charge in [-0.3, -0.25) is 4.79 Å². The van der Waals surface area contributed by atoms with Crippen molar-refractivity contribution in [2.45, 2.75) is 6.92 Å². The minimum Gasteiger partial charge on any atom is -0.396 e. The van der Waals surface area contributed by atoms with Gasteiger partial charge in [-0.05, 0) is 31.2 Å². The second-order valence-electron chi connectivity index (χ2n) is 4.62. The molecule has 0 radical (unpaired) electrons. The molecule has 0 amide bonds. The summed E-state index contributed by atoms with van der Waals surface area (Å²) in [5.41, 5.74) is 8.58. The molecule has 1 aromatic carbocycles. The fourth-order valence-corrected chi connectivity index (χ4v) is 2.12. The molecule has 2 N–H and O–H groups in total. The maximum Gasteiger partial charge on any atom is 0.278 e. The predicted molar refractivity (Wildman–Crippen MR) is 74.0 cm³/mol. The van der Waals surface area contributed by atoms with Crippen LogP contribution in [0.2, 0.25) is 0 Å². The summed E-state index contributed by atoms with van der Waals surface area (Å²) in [6, 6.07) is 7.58. The van der Waals surface area contributed by atoms with Crippen molar-refractivity contribution in [2.24, 2.45) is 7.05 Å². The first-order valence-corrected chi connectivity index (χ1v) is 5.98. The molecule has 0 aliphatic heterocycles. The summed E-state index contributed by atoms with van der Waals surface area (Å²) < 4.78 is 3.30. The second kappa shape index (κ2) is 3.98. The lowest BCUT2D eigenvalue weighted by Gasteiger charge is -2.02. The molecule has 96 valence electrons. The normalized spacial score (nSPS) is 11.1. The fraction of sp³-hybridized carbons (Fsp3) is 0.143. The number of aromatic nitrogens is 3. The zero-order valence-electron chi connectivity index (χ0n) is 10.8. The van der Waals surface area contributed by atoms with E-state index in [-0.39, 0.29) is 5.91 Å². The van der Waals surface area contributed by atoms with Crippen LogP contribution in [0.1, 0.15) is 16.1 Å². The van der Waals surface area contributed by atoms with Crippen LogP contribution in [0.25, 0.3) is 10.9 Å².